The van der Waals surface area contributed by atoms with Crippen molar-refractivity contribution in [2.75, 3.05) is 13.2 Å². The summed E-state index contributed by atoms with van der Waals surface area (Å²) in [5, 5.41) is 2.40. The SMILES string of the molecule is CC(=O)O/C(=C\C1CCCCO1)CCO[Si](c1ccccc1)(c1ccccc1)C(C)(C)C. The predicted octanol–water partition coefficient (Wildman–Crippen LogP) is 4.97. The van der Waals surface area contributed by atoms with Crippen LogP contribution in [0.15, 0.2) is 72.5 Å². The first-order chi connectivity index (χ1) is 15.3. The molecule has 32 heavy (non-hydrogen) atoms. The highest BCUT2D eigenvalue weighted by molar-refractivity contribution is 6.99. The highest BCUT2D eigenvalue weighted by Crippen LogP contribution is 2.37. The van der Waals surface area contributed by atoms with Crippen molar-refractivity contribution in [1.82, 2.24) is 0 Å². The zero-order chi connectivity index (χ0) is 23.0. The summed E-state index contributed by atoms with van der Waals surface area (Å²) in [7, 11) is -2.61. The van der Waals surface area contributed by atoms with E-state index in [0.717, 1.165) is 25.9 Å². The number of rotatable bonds is 8. The summed E-state index contributed by atoms with van der Waals surface area (Å²) >= 11 is 0. The number of ether oxygens (including phenoxy) is 2. The minimum atomic E-state index is -2.61. The molecule has 1 fully saturated rings. The summed E-state index contributed by atoms with van der Waals surface area (Å²) in [4.78, 5) is 11.7. The zero-order valence-corrected chi connectivity index (χ0v) is 20.8. The Morgan fingerprint density at radius 2 is 1.62 bits per heavy atom. The Morgan fingerprint density at radius 1 is 1.03 bits per heavy atom. The van der Waals surface area contributed by atoms with Crippen LogP contribution in [0.3, 0.4) is 0 Å². The van der Waals surface area contributed by atoms with E-state index in [2.05, 4.69) is 69.3 Å². The van der Waals surface area contributed by atoms with Crippen LogP contribution in [0.1, 0.15) is 53.4 Å². The third-order valence-electron chi connectivity index (χ3n) is 5.95. The molecule has 1 atom stereocenters. The van der Waals surface area contributed by atoms with Crippen LogP contribution in [0.5, 0.6) is 0 Å². The monoisotopic (exact) mass is 452 g/mol. The van der Waals surface area contributed by atoms with Gasteiger partial charge in [-0.2, -0.15) is 0 Å². The fraction of sp³-hybridized carbons (Fsp3) is 0.444. The molecule has 0 saturated carbocycles. The van der Waals surface area contributed by atoms with E-state index in [-0.39, 0.29) is 17.1 Å². The second-order valence-corrected chi connectivity index (χ2v) is 13.7. The fourth-order valence-electron chi connectivity index (χ4n) is 4.52. The molecule has 1 aliphatic heterocycles. The smallest absolute Gasteiger partial charge is 0.307 e. The van der Waals surface area contributed by atoms with E-state index in [4.69, 9.17) is 13.9 Å². The Bertz CT molecular complexity index is 841. The number of hydrogen-bond donors (Lipinski definition) is 0. The maximum absolute atomic E-state index is 11.7. The van der Waals surface area contributed by atoms with E-state index in [1.807, 2.05) is 18.2 Å². The average Bonchev–Trinajstić information content (AvgIpc) is 2.77. The first kappa shape index (κ1) is 24.4. The summed E-state index contributed by atoms with van der Waals surface area (Å²) in [6.07, 6.45) is 5.68. The molecule has 0 aliphatic carbocycles. The van der Waals surface area contributed by atoms with Crippen LogP contribution in [-0.4, -0.2) is 33.6 Å². The van der Waals surface area contributed by atoms with Gasteiger partial charge in [0.2, 0.25) is 0 Å². The van der Waals surface area contributed by atoms with E-state index >= 15 is 0 Å². The van der Waals surface area contributed by atoms with Gasteiger partial charge >= 0.3 is 5.97 Å². The van der Waals surface area contributed by atoms with Crippen molar-refractivity contribution in [2.45, 2.75) is 64.5 Å². The van der Waals surface area contributed by atoms with Gasteiger partial charge in [0.15, 0.2) is 0 Å². The van der Waals surface area contributed by atoms with E-state index in [1.165, 1.54) is 17.3 Å². The van der Waals surface area contributed by atoms with Crippen molar-refractivity contribution in [1.29, 1.82) is 0 Å². The van der Waals surface area contributed by atoms with Gasteiger partial charge < -0.3 is 13.9 Å². The van der Waals surface area contributed by atoms with Crippen LogP contribution in [0.4, 0.5) is 0 Å². The molecule has 1 unspecified atom stereocenters. The molecule has 172 valence electrons. The molecular formula is C27H36O4Si. The normalized spacial score (nSPS) is 17.8. The lowest BCUT2D eigenvalue weighted by Crippen LogP contribution is -2.66. The fourth-order valence-corrected chi connectivity index (χ4v) is 9.09. The Morgan fingerprint density at radius 3 is 2.09 bits per heavy atom. The van der Waals surface area contributed by atoms with Crippen molar-refractivity contribution in [2.24, 2.45) is 0 Å². The first-order valence-electron chi connectivity index (χ1n) is 11.6. The lowest BCUT2D eigenvalue weighted by Gasteiger charge is -2.43. The van der Waals surface area contributed by atoms with Gasteiger partial charge in [-0.25, -0.2) is 0 Å². The third-order valence-corrected chi connectivity index (χ3v) is 11.0. The number of benzene rings is 2. The molecule has 1 aliphatic rings. The summed E-state index contributed by atoms with van der Waals surface area (Å²) < 4.78 is 18.3. The molecule has 0 amide bonds. The molecule has 3 rings (SSSR count). The van der Waals surface area contributed by atoms with Gasteiger partial charge in [0, 0.05) is 26.6 Å². The highest BCUT2D eigenvalue weighted by atomic mass is 28.4. The Hall–Kier alpha value is -2.21. The van der Waals surface area contributed by atoms with E-state index in [0.29, 0.717) is 18.8 Å². The molecule has 1 heterocycles. The van der Waals surface area contributed by atoms with Gasteiger partial charge in [0.1, 0.15) is 5.76 Å². The molecule has 2 aromatic carbocycles. The Labute approximate surface area is 193 Å². The highest BCUT2D eigenvalue weighted by Gasteiger charge is 2.50. The van der Waals surface area contributed by atoms with Crippen molar-refractivity contribution in [3.8, 4) is 0 Å². The van der Waals surface area contributed by atoms with E-state index < -0.39 is 8.32 Å². The zero-order valence-electron chi connectivity index (χ0n) is 19.8. The molecule has 0 aromatic heterocycles. The van der Waals surface area contributed by atoms with Crippen LogP contribution in [-0.2, 0) is 18.7 Å². The molecule has 1 saturated heterocycles. The van der Waals surface area contributed by atoms with Gasteiger partial charge in [-0.15, -0.1) is 0 Å². The second kappa shape index (κ2) is 11.1. The van der Waals surface area contributed by atoms with Gasteiger partial charge in [-0.1, -0.05) is 81.4 Å². The standard InChI is InChI=1S/C27H36O4Si/c1-22(28)31-24(21-23-13-11-12-19-29-23)18-20-30-32(27(2,3)4,25-14-7-5-8-15-25)26-16-9-6-10-17-26/h5-10,14-17,21,23H,11-13,18-20H2,1-4H3/b24-21-. The lowest BCUT2D eigenvalue weighted by atomic mass is 10.1. The molecule has 0 radical (unpaired) electrons. The minimum absolute atomic E-state index is 0.00552. The molecular weight excluding hydrogens is 416 g/mol. The predicted molar refractivity (Wildman–Crippen MR) is 132 cm³/mol. The van der Waals surface area contributed by atoms with Crippen LogP contribution in [0.2, 0.25) is 5.04 Å². The van der Waals surface area contributed by atoms with Crippen molar-refractivity contribution < 1.29 is 18.7 Å². The maximum Gasteiger partial charge on any atom is 0.307 e. The van der Waals surface area contributed by atoms with Gasteiger partial charge in [-0.3, -0.25) is 4.79 Å². The van der Waals surface area contributed by atoms with Crippen molar-refractivity contribution in [3.05, 3.63) is 72.5 Å². The van der Waals surface area contributed by atoms with Crippen LogP contribution in [0.25, 0.3) is 0 Å². The first-order valence-corrected chi connectivity index (χ1v) is 13.5. The molecule has 5 heteroatoms. The summed E-state index contributed by atoms with van der Waals surface area (Å²) in [6.45, 7) is 9.46. The average molecular weight is 453 g/mol. The topological polar surface area (TPSA) is 44.8 Å². The van der Waals surface area contributed by atoms with Crippen LogP contribution < -0.4 is 10.4 Å². The van der Waals surface area contributed by atoms with E-state index in [1.54, 1.807) is 0 Å². The summed E-state index contributed by atoms with van der Waals surface area (Å²) in [6, 6.07) is 21.2. The number of carbonyl (C=O) groups excluding carboxylic acids is 1. The molecule has 2 aromatic rings. The Kier molecular flexibility index (Phi) is 8.46. The number of esters is 1. The lowest BCUT2D eigenvalue weighted by molar-refractivity contribution is -0.137. The third kappa shape index (κ3) is 5.97. The van der Waals surface area contributed by atoms with E-state index in [9.17, 15) is 4.79 Å². The quantitative estimate of drug-likeness (QED) is 0.322. The molecule has 0 bridgehead atoms. The molecule has 0 spiro atoms. The Balaban J connectivity index is 1.89. The van der Waals surface area contributed by atoms with Crippen molar-refractivity contribution in [3.63, 3.8) is 0 Å². The van der Waals surface area contributed by atoms with Crippen LogP contribution >= 0.6 is 0 Å². The number of carbonyl (C=O) groups is 1. The number of hydrogen-bond acceptors (Lipinski definition) is 4. The summed E-state index contributed by atoms with van der Waals surface area (Å²) in [5.74, 6) is 0.333. The molecule has 0 N–H and O–H groups in total. The van der Waals surface area contributed by atoms with Crippen LogP contribution in [0, 0.1) is 0 Å². The largest absolute Gasteiger partial charge is 0.431 e. The van der Waals surface area contributed by atoms with Crippen molar-refractivity contribution >= 4 is 24.7 Å². The van der Waals surface area contributed by atoms with Gasteiger partial charge in [0.05, 0.1) is 6.10 Å². The second-order valence-electron chi connectivity index (χ2n) is 9.39. The minimum Gasteiger partial charge on any atom is -0.431 e. The van der Waals surface area contributed by atoms with Gasteiger partial charge in [-0.05, 0) is 40.8 Å². The van der Waals surface area contributed by atoms with Gasteiger partial charge in [0.25, 0.3) is 8.32 Å². The summed E-state index contributed by atoms with van der Waals surface area (Å²) in [5.41, 5.74) is 0. The molecule has 4 nitrogen and oxygen atoms in total. The maximum atomic E-state index is 11.7.